The van der Waals surface area contributed by atoms with Gasteiger partial charge in [-0.1, -0.05) is 29.8 Å². The van der Waals surface area contributed by atoms with Gasteiger partial charge in [0.15, 0.2) is 5.13 Å². The number of amides is 1. The summed E-state index contributed by atoms with van der Waals surface area (Å²) in [5, 5.41) is 5.18. The van der Waals surface area contributed by atoms with Gasteiger partial charge in [0.05, 0.1) is 24.1 Å². The van der Waals surface area contributed by atoms with Gasteiger partial charge in [-0.15, -0.1) is 11.3 Å². The molecule has 3 rings (SSSR count). The molecule has 2 N–H and O–H groups in total. The number of aromatic nitrogens is 1. The van der Waals surface area contributed by atoms with Gasteiger partial charge in [0.1, 0.15) is 5.75 Å². The van der Waals surface area contributed by atoms with Crippen LogP contribution in [-0.4, -0.2) is 26.4 Å². The lowest BCUT2D eigenvalue weighted by molar-refractivity contribution is -0.120. The summed E-state index contributed by atoms with van der Waals surface area (Å²) in [4.78, 5) is 16.4. The number of nitrogens with one attached hydrogen (secondary N) is 2. The van der Waals surface area contributed by atoms with Crippen molar-refractivity contribution in [3.63, 3.8) is 0 Å². The number of carbonyl (C=O) groups excluding carboxylic acids is 1. The molecule has 3 aromatic rings. The van der Waals surface area contributed by atoms with Crippen LogP contribution in [-0.2, 0) is 27.8 Å². The van der Waals surface area contributed by atoms with Crippen molar-refractivity contribution in [1.82, 2.24) is 10.3 Å². The molecule has 0 saturated heterocycles. The van der Waals surface area contributed by atoms with Crippen LogP contribution in [0, 0.1) is 0 Å². The molecule has 0 radical (unpaired) electrons. The summed E-state index contributed by atoms with van der Waals surface area (Å²) in [5.41, 5.74) is 1.29. The molecule has 152 valence electrons. The number of hydrogen-bond acceptors (Lipinski definition) is 6. The Labute approximate surface area is 177 Å². The summed E-state index contributed by atoms with van der Waals surface area (Å²) in [6, 6.07) is 13.3. The minimum Gasteiger partial charge on any atom is -0.497 e. The Balaban J connectivity index is 1.58. The number of anilines is 1. The molecule has 10 heteroatoms. The number of hydrogen-bond donors (Lipinski definition) is 2. The maximum atomic E-state index is 12.4. The van der Waals surface area contributed by atoms with E-state index in [2.05, 4.69) is 15.0 Å². The summed E-state index contributed by atoms with van der Waals surface area (Å²) in [6.07, 6.45) is 0.0330. The van der Waals surface area contributed by atoms with E-state index in [0.717, 1.165) is 16.9 Å². The van der Waals surface area contributed by atoms with Gasteiger partial charge in [-0.3, -0.25) is 9.52 Å². The number of benzene rings is 2. The van der Waals surface area contributed by atoms with Gasteiger partial charge in [0, 0.05) is 16.9 Å². The zero-order valence-corrected chi connectivity index (χ0v) is 17.8. The van der Waals surface area contributed by atoms with Crippen LogP contribution in [0.15, 0.2) is 58.8 Å². The van der Waals surface area contributed by atoms with Gasteiger partial charge >= 0.3 is 0 Å². The number of rotatable bonds is 8. The van der Waals surface area contributed by atoms with E-state index in [1.807, 2.05) is 18.2 Å². The van der Waals surface area contributed by atoms with E-state index in [4.69, 9.17) is 16.3 Å². The van der Waals surface area contributed by atoms with Gasteiger partial charge in [-0.05, 0) is 35.9 Å². The summed E-state index contributed by atoms with van der Waals surface area (Å²) in [6.45, 7) is 0.305. The third-order valence-electron chi connectivity index (χ3n) is 3.92. The first-order valence-corrected chi connectivity index (χ1v) is 11.2. The average Bonchev–Trinajstić information content (AvgIpc) is 3.13. The Bertz CT molecular complexity index is 1100. The van der Waals surface area contributed by atoms with Crippen LogP contribution in [0.2, 0.25) is 5.02 Å². The first-order chi connectivity index (χ1) is 13.9. The van der Waals surface area contributed by atoms with Crippen LogP contribution >= 0.6 is 22.9 Å². The Kier molecular flexibility index (Phi) is 6.73. The van der Waals surface area contributed by atoms with Crippen molar-refractivity contribution < 1.29 is 17.9 Å². The summed E-state index contributed by atoms with van der Waals surface area (Å²) in [5.74, 6) is 0.322. The van der Waals surface area contributed by atoms with Crippen LogP contribution in [0.5, 0.6) is 5.75 Å². The Morgan fingerprint density at radius 3 is 2.59 bits per heavy atom. The van der Waals surface area contributed by atoms with Crippen molar-refractivity contribution in [1.29, 1.82) is 0 Å². The highest BCUT2D eigenvalue weighted by Gasteiger charge is 2.17. The maximum Gasteiger partial charge on any atom is 0.263 e. The fraction of sp³-hybridized carbons (Fsp3) is 0.158. The van der Waals surface area contributed by atoms with Crippen molar-refractivity contribution in [2.45, 2.75) is 17.9 Å². The third kappa shape index (κ3) is 5.69. The third-order valence-corrected chi connectivity index (χ3v) is 6.58. The minimum atomic E-state index is -3.78. The Morgan fingerprint density at radius 2 is 1.90 bits per heavy atom. The monoisotopic (exact) mass is 451 g/mol. The molecule has 0 spiro atoms. The number of carbonyl (C=O) groups is 1. The zero-order valence-electron chi connectivity index (χ0n) is 15.4. The van der Waals surface area contributed by atoms with Gasteiger partial charge in [0.25, 0.3) is 10.0 Å². The number of sulfonamides is 1. The highest BCUT2D eigenvalue weighted by Crippen LogP contribution is 2.22. The lowest BCUT2D eigenvalue weighted by Gasteiger charge is -2.06. The van der Waals surface area contributed by atoms with Crippen molar-refractivity contribution >= 4 is 44.0 Å². The van der Waals surface area contributed by atoms with Crippen molar-refractivity contribution in [2.24, 2.45) is 0 Å². The molecule has 0 aliphatic rings. The van der Waals surface area contributed by atoms with E-state index < -0.39 is 10.0 Å². The Morgan fingerprint density at radius 1 is 1.17 bits per heavy atom. The van der Waals surface area contributed by atoms with E-state index in [9.17, 15) is 13.2 Å². The maximum absolute atomic E-state index is 12.4. The standard InChI is InChI=1S/C19H18ClN3O4S2/c1-27-15-6-8-16(9-7-15)29(25,26)23-19-22-14(12-28-19)10-18(24)21-11-13-4-2-3-5-17(13)20/h2-9,12H,10-11H2,1H3,(H,21,24)(H,22,23). The topological polar surface area (TPSA) is 97.4 Å². The Hall–Kier alpha value is -2.62. The van der Waals surface area contributed by atoms with Crippen LogP contribution in [0.25, 0.3) is 0 Å². The molecule has 0 aliphatic carbocycles. The van der Waals surface area contributed by atoms with Crippen molar-refractivity contribution in [3.8, 4) is 5.75 Å². The van der Waals surface area contributed by atoms with Gasteiger partial charge in [-0.25, -0.2) is 13.4 Å². The summed E-state index contributed by atoms with van der Waals surface area (Å²) in [7, 11) is -2.27. The number of ether oxygens (including phenoxy) is 1. The van der Waals surface area contributed by atoms with E-state index in [1.165, 1.54) is 19.2 Å². The molecule has 1 aromatic heterocycles. The quantitative estimate of drug-likeness (QED) is 0.546. The fourth-order valence-electron chi connectivity index (χ4n) is 2.43. The van der Waals surface area contributed by atoms with Crippen molar-refractivity contribution in [3.05, 3.63) is 70.2 Å². The first kappa shape index (κ1) is 21.1. The van der Waals surface area contributed by atoms with Crippen molar-refractivity contribution in [2.75, 3.05) is 11.8 Å². The predicted octanol–water partition coefficient (Wildman–Crippen LogP) is 3.46. The lowest BCUT2D eigenvalue weighted by Crippen LogP contribution is -2.24. The second-order valence-electron chi connectivity index (χ2n) is 5.97. The van der Waals surface area contributed by atoms with E-state index in [0.29, 0.717) is 23.0 Å². The highest BCUT2D eigenvalue weighted by molar-refractivity contribution is 7.93. The number of nitrogens with zero attached hydrogens (tertiary/aromatic N) is 1. The normalized spacial score (nSPS) is 11.1. The van der Waals surface area contributed by atoms with Crippen LogP contribution in [0.3, 0.4) is 0 Å². The molecule has 0 fully saturated rings. The molecule has 1 amide bonds. The largest absolute Gasteiger partial charge is 0.497 e. The number of halogens is 1. The van der Waals surface area contributed by atoms with E-state index >= 15 is 0 Å². The molecular weight excluding hydrogens is 434 g/mol. The molecule has 0 bridgehead atoms. The van der Waals surface area contributed by atoms with Crippen LogP contribution < -0.4 is 14.8 Å². The second kappa shape index (κ2) is 9.25. The van der Waals surface area contributed by atoms with Crippen LogP contribution in [0.1, 0.15) is 11.3 Å². The SMILES string of the molecule is COc1ccc(S(=O)(=O)Nc2nc(CC(=O)NCc3ccccc3Cl)cs2)cc1. The van der Waals surface area contributed by atoms with E-state index in [-0.39, 0.29) is 22.4 Å². The minimum absolute atomic E-state index is 0.0330. The average molecular weight is 452 g/mol. The summed E-state index contributed by atoms with van der Waals surface area (Å²) < 4.78 is 32.3. The number of thiazole rings is 1. The lowest BCUT2D eigenvalue weighted by atomic mass is 10.2. The van der Waals surface area contributed by atoms with Crippen LogP contribution in [0.4, 0.5) is 5.13 Å². The second-order valence-corrected chi connectivity index (χ2v) is 8.92. The molecular formula is C19H18ClN3O4S2. The smallest absolute Gasteiger partial charge is 0.263 e. The molecule has 7 nitrogen and oxygen atoms in total. The van der Waals surface area contributed by atoms with Gasteiger partial charge < -0.3 is 10.1 Å². The molecule has 1 heterocycles. The highest BCUT2D eigenvalue weighted by atomic mass is 35.5. The zero-order chi connectivity index (χ0) is 20.9. The van der Waals surface area contributed by atoms with Gasteiger partial charge in [-0.2, -0.15) is 0 Å². The van der Waals surface area contributed by atoms with Gasteiger partial charge in [0.2, 0.25) is 5.91 Å². The predicted molar refractivity (Wildman–Crippen MR) is 113 cm³/mol. The molecule has 0 aliphatic heterocycles. The molecule has 29 heavy (non-hydrogen) atoms. The first-order valence-electron chi connectivity index (χ1n) is 8.49. The molecule has 0 saturated carbocycles. The number of methoxy groups -OCH3 is 1. The molecule has 0 atom stereocenters. The summed E-state index contributed by atoms with van der Waals surface area (Å²) >= 11 is 7.18. The molecule has 0 unspecified atom stereocenters. The molecule has 2 aromatic carbocycles. The van der Waals surface area contributed by atoms with E-state index in [1.54, 1.807) is 23.6 Å². The fourth-order valence-corrected chi connectivity index (χ4v) is 4.59.